The zero-order valence-electron chi connectivity index (χ0n) is 14.1. The summed E-state index contributed by atoms with van der Waals surface area (Å²) in [5.41, 5.74) is 7.39. The second-order valence-electron chi connectivity index (χ2n) is 5.37. The molecule has 0 spiro atoms. The number of thiocarbonyl (C=S) groups is 1. The molecule has 3 aromatic rings. The van der Waals surface area contributed by atoms with Crippen LogP contribution in [0.5, 0.6) is 5.75 Å². The van der Waals surface area contributed by atoms with Gasteiger partial charge in [0.2, 0.25) is 0 Å². The molecular weight excluding hydrogens is 348 g/mol. The average Bonchev–Trinajstić information content (AvgIpc) is 3.21. The summed E-state index contributed by atoms with van der Waals surface area (Å²) in [6.07, 6.45) is 3.77. The van der Waals surface area contributed by atoms with Gasteiger partial charge in [-0.3, -0.25) is 15.6 Å². The highest BCUT2D eigenvalue weighted by molar-refractivity contribution is 7.80. The molecule has 0 aliphatic carbocycles. The van der Waals surface area contributed by atoms with Crippen molar-refractivity contribution in [2.24, 2.45) is 0 Å². The zero-order valence-corrected chi connectivity index (χ0v) is 14.9. The lowest BCUT2D eigenvalue weighted by molar-refractivity contribution is 0.0944. The summed E-state index contributed by atoms with van der Waals surface area (Å²) in [5.74, 6) is 0.423. The van der Waals surface area contributed by atoms with Crippen LogP contribution in [0.15, 0.2) is 73.1 Å². The number of rotatable bonds is 4. The molecule has 0 radical (unpaired) electrons. The summed E-state index contributed by atoms with van der Waals surface area (Å²) in [6.45, 7) is 0. The predicted molar refractivity (Wildman–Crippen MR) is 106 cm³/mol. The number of aromatic nitrogens is 1. The number of methoxy groups -OCH3 is 1. The van der Waals surface area contributed by atoms with Gasteiger partial charge in [0.25, 0.3) is 5.91 Å². The molecular formula is C19H18N4O2S. The first kappa shape index (κ1) is 17.5. The Morgan fingerprint density at radius 3 is 2.54 bits per heavy atom. The topological polar surface area (TPSA) is 67.3 Å². The molecule has 1 aromatic heterocycles. The van der Waals surface area contributed by atoms with Gasteiger partial charge in [0.05, 0.1) is 18.4 Å². The fourth-order valence-corrected chi connectivity index (χ4v) is 2.60. The van der Waals surface area contributed by atoms with Crippen molar-refractivity contribution in [2.45, 2.75) is 0 Å². The molecule has 0 fully saturated rings. The Bertz CT molecular complexity index is 909. The number of para-hydroxylation sites is 1. The minimum atomic E-state index is -0.288. The molecule has 26 heavy (non-hydrogen) atoms. The molecule has 6 nitrogen and oxygen atoms in total. The zero-order chi connectivity index (χ0) is 18.4. The average molecular weight is 366 g/mol. The number of benzene rings is 2. The predicted octanol–water partition coefficient (Wildman–Crippen LogP) is 3.12. The molecule has 0 unspecified atom stereocenters. The Hall–Kier alpha value is -3.32. The van der Waals surface area contributed by atoms with Crippen molar-refractivity contribution in [1.29, 1.82) is 0 Å². The molecule has 2 aromatic carbocycles. The Morgan fingerprint density at radius 1 is 1.00 bits per heavy atom. The van der Waals surface area contributed by atoms with Crippen LogP contribution in [0.2, 0.25) is 0 Å². The Balaban J connectivity index is 1.63. The smallest absolute Gasteiger partial charge is 0.271 e. The van der Waals surface area contributed by atoms with Crippen molar-refractivity contribution >= 4 is 28.9 Å². The van der Waals surface area contributed by atoms with Gasteiger partial charge in [-0.25, -0.2) is 0 Å². The second kappa shape index (κ2) is 8.17. The first-order chi connectivity index (χ1) is 12.7. The van der Waals surface area contributed by atoms with E-state index in [0.29, 0.717) is 11.3 Å². The van der Waals surface area contributed by atoms with E-state index in [1.54, 1.807) is 19.2 Å². The summed E-state index contributed by atoms with van der Waals surface area (Å²) in [6, 6.07) is 18.5. The van der Waals surface area contributed by atoms with E-state index in [1.807, 2.05) is 65.5 Å². The van der Waals surface area contributed by atoms with E-state index in [-0.39, 0.29) is 11.0 Å². The fraction of sp³-hybridized carbons (Fsp3) is 0.0526. The number of hydrazine groups is 1. The van der Waals surface area contributed by atoms with E-state index in [9.17, 15) is 4.79 Å². The van der Waals surface area contributed by atoms with Crippen LogP contribution in [0, 0.1) is 0 Å². The van der Waals surface area contributed by atoms with E-state index in [0.717, 1.165) is 11.4 Å². The molecule has 0 saturated carbocycles. The number of amides is 1. The molecule has 3 N–H and O–H groups in total. The third-order valence-electron chi connectivity index (χ3n) is 3.65. The van der Waals surface area contributed by atoms with Crippen LogP contribution >= 0.6 is 12.2 Å². The molecule has 1 heterocycles. The second-order valence-corrected chi connectivity index (χ2v) is 5.78. The largest absolute Gasteiger partial charge is 0.497 e. The van der Waals surface area contributed by atoms with Gasteiger partial charge in [-0.05, 0) is 48.6 Å². The van der Waals surface area contributed by atoms with Crippen molar-refractivity contribution in [3.05, 3.63) is 78.6 Å². The first-order valence-electron chi connectivity index (χ1n) is 7.91. The van der Waals surface area contributed by atoms with E-state index in [2.05, 4.69) is 16.2 Å². The van der Waals surface area contributed by atoms with E-state index in [1.165, 1.54) is 0 Å². The third kappa shape index (κ3) is 4.20. The number of anilines is 1. The summed E-state index contributed by atoms with van der Waals surface area (Å²) < 4.78 is 7.04. The van der Waals surface area contributed by atoms with Gasteiger partial charge in [-0.2, -0.15) is 0 Å². The van der Waals surface area contributed by atoms with Crippen LogP contribution < -0.4 is 20.9 Å². The van der Waals surface area contributed by atoms with Crippen LogP contribution in [0.1, 0.15) is 10.4 Å². The van der Waals surface area contributed by atoms with Crippen molar-refractivity contribution in [3.63, 3.8) is 0 Å². The molecule has 0 saturated heterocycles. The molecule has 7 heteroatoms. The highest BCUT2D eigenvalue weighted by Gasteiger charge is 2.12. The van der Waals surface area contributed by atoms with E-state index >= 15 is 0 Å². The number of nitrogens with zero attached hydrogens (tertiary/aromatic N) is 1. The molecule has 0 atom stereocenters. The van der Waals surface area contributed by atoms with E-state index < -0.39 is 0 Å². The lowest BCUT2D eigenvalue weighted by Crippen LogP contribution is -2.44. The van der Waals surface area contributed by atoms with Gasteiger partial charge in [-0.15, -0.1) is 0 Å². The van der Waals surface area contributed by atoms with Gasteiger partial charge in [0.1, 0.15) is 5.75 Å². The number of carbonyl (C=O) groups excluding carboxylic acids is 1. The summed E-state index contributed by atoms with van der Waals surface area (Å²) in [7, 11) is 1.60. The number of hydrogen-bond donors (Lipinski definition) is 3. The van der Waals surface area contributed by atoms with Crippen molar-refractivity contribution in [2.75, 3.05) is 12.4 Å². The minimum absolute atomic E-state index is 0.269. The van der Waals surface area contributed by atoms with Gasteiger partial charge in [-0.1, -0.05) is 18.2 Å². The lowest BCUT2D eigenvalue weighted by atomic mass is 10.1. The Kier molecular flexibility index (Phi) is 5.50. The fourth-order valence-electron chi connectivity index (χ4n) is 2.43. The van der Waals surface area contributed by atoms with E-state index in [4.69, 9.17) is 17.0 Å². The monoisotopic (exact) mass is 366 g/mol. The number of hydrogen-bond acceptors (Lipinski definition) is 3. The first-order valence-corrected chi connectivity index (χ1v) is 8.32. The van der Waals surface area contributed by atoms with Crippen molar-refractivity contribution in [1.82, 2.24) is 15.4 Å². The molecule has 0 aliphatic heterocycles. The van der Waals surface area contributed by atoms with Crippen molar-refractivity contribution in [3.8, 4) is 11.4 Å². The minimum Gasteiger partial charge on any atom is -0.497 e. The molecule has 0 bridgehead atoms. The Morgan fingerprint density at radius 2 is 1.77 bits per heavy atom. The quantitative estimate of drug-likeness (QED) is 0.489. The molecule has 0 aliphatic rings. The third-order valence-corrected chi connectivity index (χ3v) is 3.85. The van der Waals surface area contributed by atoms with Crippen LogP contribution in [0.25, 0.3) is 5.69 Å². The Labute approximate surface area is 156 Å². The van der Waals surface area contributed by atoms with Gasteiger partial charge in [0, 0.05) is 24.1 Å². The molecule has 3 rings (SSSR count). The van der Waals surface area contributed by atoms with Crippen LogP contribution in [-0.2, 0) is 0 Å². The highest BCUT2D eigenvalue weighted by atomic mass is 32.1. The summed E-state index contributed by atoms with van der Waals surface area (Å²) in [4.78, 5) is 12.5. The maximum atomic E-state index is 12.5. The van der Waals surface area contributed by atoms with Crippen LogP contribution in [0.3, 0.4) is 0 Å². The summed E-state index contributed by atoms with van der Waals surface area (Å²) in [5, 5.41) is 3.25. The summed E-state index contributed by atoms with van der Waals surface area (Å²) >= 11 is 5.21. The van der Waals surface area contributed by atoms with Crippen LogP contribution in [-0.4, -0.2) is 22.7 Å². The standard InChI is InChI=1S/C19H18N4O2S/c1-25-15-8-6-7-14(13-15)20-19(26)22-21-18(24)16-9-2-3-10-17(16)23-11-4-5-12-23/h2-13H,1H3,(H,21,24)(H2,20,22,26). The van der Waals surface area contributed by atoms with Gasteiger partial charge in [0.15, 0.2) is 5.11 Å². The SMILES string of the molecule is COc1cccc(NC(=S)NNC(=O)c2ccccc2-n2cccc2)c1. The maximum absolute atomic E-state index is 12.5. The molecule has 132 valence electrons. The number of carbonyl (C=O) groups is 1. The molecule has 1 amide bonds. The van der Waals surface area contributed by atoms with Gasteiger partial charge >= 0.3 is 0 Å². The maximum Gasteiger partial charge on any atom is 0.271 e. The highest BCUT2D eigenvalue weighted by Crippen LogP contribution is 2.16. The van der Waals surface area contributed by atoms with Crippen LogP contribution in [0.4, 0.5) is 5.69 Å². The number of ether oxygens (including phenoxy) is 1. The lowest BCUT2D eigenvalue weighted by Gasteiger charge is -2.14. The van der Waals surface area contributed by atoms with Gasteiger partial charge < -0.3 is 14.6 Å². The normalized spacial score (nSPS) is 10.0. The number of nitrogens with one attached hydrogen (secondary N) is 3. The van der Waals surface area contributed by atoms with Crippen molar-refractivity contribution < 1.29 is 9.53 Å².